The molecule has 102 valence electrons. The minimum absolute atomic E-state index is 0.0752. The molecule has 3 heteroatoms. The zero-order valence-corrected chi connectivity index (χ0v) is 11.1. The second kappa shape index (κ2) is 9.28. The highest BCUT2D eigenvalue weighted by molar-refractivity contribution is 6.08. The molecule has 2 aromatic carbocycles. The molecule has 2 rings (SSSR count). The number of rotatable bonds is 5. The lowest BCUT2D eigenvalue weighted by atomic mass is 10.0. The number of carbonyl (C=O) groups excluding carboxylic acids is 2. The van der Waals surface area contributed by atoms with Crippen molar-refractivity contribution in [2.24, 2.45) is 0 Å². The molecule has 0 aliphatic rings. The van der Waals surface area contributed by atoms with E-state index in [4.69, 9.17) is 0 Å². The molecule has 0 heterocycles. The zero-order chi connectivity index (χ0) is 14.6. The summed E-state index contributed by atoms with van der Waals surface area (Å²) in [5.74, 6) is 0.0752. The number of hydrogen-bond acceptors (Lipinski definition) is 3. The van der Waals surface area contributed by atoms with Gasteiger partial charge in [-0.3, -0.25) is 9.59 Å². The number of ketones is 1. The molecule has 0 aliphatic carbocycles. The van der Waals surface area contributed by atoms with Gasteiger partial charge in [-0.1, -0.05) is 73.3 Å². The van der Waals surface area contributed by atoms with E-state index in [9.17, 15) is 9.59 Å². The molecule has 0 radical (unpaired) electrons. The van der Waals surface area contributed by atoms with Crippen molar-refractivity contribution in [3.05, 3.63) is 84.4 Å². The van der Waals surface area contributed by atoms with Crippen molar-refractivity contribution in [1.29, 1.82) is 0 Å². The van der Waals surface area contributed by atoms with Crippen LogP contribution in [-0.2, 0) is 9.53 Å². The Bertz CT molecular complexity index is 483. The molecular formula is C17H16O3. The van der Waals surface area contributed by atoms with Crippen molar-refractivity contribution < 1.29 is 14.3 Å². The Morgan fingerprint density at radius 3 is 1.70 bits per heavy atom. The molecule has 0 atom stereocenters. The summed E-state index contributed by atoms with van der Waals surface area (Å²) in [6.45, 7) is 4.01. The van der Waals surface area contributed by atoms with Gasteiger partial charge in [0.05, 0.1) is 0 Å². The molecular weight excluding hydrogens is 252 g/mol. The lowest BCUT2D eigenvalue weighted by molar-refractivity contribution is -0.127. The molecule has 20 heavy (non-hydrogen) atoms. The second-order valence-corrected chi connectivity index (χ2v) is 3.78. The predicted octanol–water partition coefficient (Wildman–Crippen LogP) is 3.26. The van der Waals surface area contributed by atoms with Crippen LogP contribution in [0.25, 0.3) is 0 Å². The van der Waals surface area contributed by atoms with E-state index < -0.39 is 0 Å². The van der Waals surface area contributed by atoms with Crippen molar-refractivity contribution >= 4 is 12.3 Å². The van der Waals surface area contributed by atoms with E-state index in [1.165, 1.54) is 6.08 Å². The van der Waals surface area contributed by atoms with E-state index in [0.717, 1.165) is 11.1 Å². The Balaban J connectivity index is 0.000000286. The SMILES string of the molecule is C=CCOC=O.O=C(c1ccccc1)c1ccccc1. The summed E-state index contributed by atoms with van der Waals surface area (Å²) in [7, 11) is 0. The fourth-order valence-corrected chi connectivity index (χ4v) is 1.45. The van der Waals surface area contributed by atoms with Gasteiger partial charge < -0.3 is 4.74 Å². The summed E-state index contributed by atoms with van der Waals surface area (Å²) in [5.41, 5.74) is 1.47. The van der Waals surface area contributed by atoms with Gasteiger partial charge in [-0.25, -0.2) is 0 Å². The fraction of sp³-hybridized carbons (Fsp3) is 0.0588. The monoisotopic (exact) mass is 268 g/mol. The molecule has 0 saturated heterocycles. The first-order valence-corrected chi connectivity index (χ1v) is 6.10. The van der Waals surface area contributed by atoms with Gasteiger partial charge in [-0.15, -0.1) is 0 Å². The molecule has 0 bridgehead atoms. The molecule has 3 nitrogen and oxygen atoms in total. The minimum Gasteiger partial charge on any atom is -0.464 e. The van der Waals surface area contributed by atoms with E-state index in [0.29, 0.717) is 13.1 Å². The molecule has 0 saturated carbocycles. The Hall–Kier alpha value is -2.68. The lowest BCUT2D eigenvalue weighted by Gasteiger charge is -1.99. The molecule has 0 fully saturated rings. The quantitative estimate of drug-likeness (QED) is 0.362. The number of carbonyl (C=O) groups is 2. The van der Waals surface area contributed by atoms with E-state index in [2.05, 4.69) is 11.3 Å². The lowest BCUT2D eigenvalue weighted by Crippen LogP contribution is -1.99. The molecule has 0 aromatic heterocycles. The van der Waals surface area contributed by atoms with E-state index in [1.54, 1.807) is 0 Å². The predicted molar refractivity (Wildman–Crippen MR) is 78.5 cm³/mol. The average molecular weight is 268 g/mol. The first-order chi connectivity index (χ1) is 9.79. The summed E-state index contributed by atoms with van der Waals surface area (Å²) in [6.07, 6.45) is 1.51. The van der Waals surface area contributed by atoms with Crippen LogP contribution in [0.1, 0.15) is 15.9 Å². The summed E-state index contributed by atoms with van der Waals surface area (Å²) in [5, 5.41) is 0. The van der Waals surface area contributed by atoms with Crippen LogP contribution in [0.15, 0.2) is 73.3 Å². The Kier molecular flexibility index (Phi) is 7.13. The maximum Gasteiger partial charge on any atom is 0.293 e. The van der Waals surface area contributed by atoms with Crippen molar-refractivity contribution in [3.63, 3.8) is 0 Å². The standard InChI is InChI=1S/C13H10O.C4H6O2/c14-13(11-7-3-1-4-8-11)12-9-5-2-6-10-12;1-2-3-6-4-5/h1-10H;2,4H,1,3H2. The molecule has 0 aliphatic heterocycles. The van der Waals surface area contributed by atoms with Crippen LogP contribution < -0.4 is 0 Å². The van der Waals surface area contributed by atoms with Crippen LogP contribution in [0, 0.1) is 0 Å². The number of ether oxygens (including phenoxy) is 1. The van der Waals surface area contributed by atoms with E-state index in [-0.39, 0.29) is 5.78 Å². The molecule has 0 unspecified atom stereocenters. The highest BCUT2D eigenvalue weighted by Crippen LogP contribution is 2.08. The van der Waals surface area contributed by atoms with E-state index >= 15 is 0 Å². The summed E-state index contributed by atoms with van der Waals surface area (Å²) < 4.78 is 4.18. The van der Waals surface area contributed by atoms with Crippen molar-refractivity contribution in [2.75, 3.05) is 6.61 Å². The highest BCUT2D eigenvalue weighted by atomic mass is 16.5. The van der Waals surface area contributed by atoms with Crippen LogP contribution in [0.5, 0.6) is 0 Å². The third-order valence-corrected chi connectivity index (χ3v) is 2.35. The summed E-state index contributed by atoms with van der Waals surface area (Å²) >= 11 is 0. The van der Waals surface area contributed by atoms with Crippen molar-refractivity contribution in [2.45, 2.75) is 0 Å². The van der Waals surface area contributed by atoms with Crippen molar-refractivity contribution in [1.82, 2.24) is 0 Å². The molecule has 0 spiro atoms. The van der Waals surface area contributed by atoms with Crippen LogP contribution >= 0.6 is 0 Å². The van der Waals surface area contributed by atoms with Gasteiger partial charge in [-0.2, -0.15) is 0 Å². The maximum atomic E-state index is 11.8. The van der Waals surface area contributed by atoms with Gasteiger partial charge >= 0.3 is 0 Å². The molecule has 0 amide bonds. The summed E-state index contributed by atoms with van der Waals surface area (Å²) in [4.78, 5) is 21.1. The third-order valence-electron chi connectivity index (χ3n) is 2.35. The molecule has 0 N–H and O–H groups in total. The Morgan fingerprint density at radius 1 is 0.950 bits per heavy atom. The highest BCUT2D eigenvalue weighted by Gasteiger charge is 2.06. The van der Waals surface area contributed by atoms with Crippen LogP contribution in [0.2, 0.25) is 0 Å². The zero-order valence-electron chi connectivity index (χ0n) is 11.1. The van der Waals surface area contributed by atoms with E-state index in [1.807, 2.05) is 60.7 Å². The normalized spacial score (nSPS) is 8.80. The minimum atomic E-state index is 0.0752. The third kappa shape index (κ3) is 5.31. The number of hydrogen-bond donors (Lipinski definition) is 0. The van der Waals surface area contributed by atoms with Gasteiger partial charge in [0.15, 0.2) is 5.78 Å². The first kappa shape index (κ1) is 15.4. The Labute approximate surface area is 118 Å². The summed E-state index contributed by atoms with van der Waals surface area (Å²) in [6, 6.07) is 18.6. The van der Waals surface area contributed by atoms with Gasteiger partial charge in [0, 0.05) is 11.1 Å². The number of benzene rings is 2. The topological polar surface area (TPSA) is 43.4 Å². The first-order valence-electron chi connectivity index (χ1n) is 6.10. The maximum absolute atomic E-state index is 11.8. The fourth-order valence-electron chi connectivity index (χ4n) is 1.45. The largest absolute Gasteiger partial charge is 0.464 e. The Morgan fingerprint density at radius 2 is 1.40 bits per heavy atom. The van der Waals surface area contributed by atoms with Crippen LogP contribution in [0.3, 0.4) is 0 Å². The van der Waals surface area contributed by atoms with Gasteiger partial charge in [0.1, 0.15) is 6.61 Å². The van der Waals surface area contributed by atoms with Gasteiger partial charge in [0.2, 0.25) is 0 Å². The van der Waals surface area contributed by atoms with Gasteiger partial charge in [0.25, 0.3) is 6.47 Å². The van der Waals surface area contributed by atoms with Gasteiger partial charge in [-0.05, 0) is 0 Å². The van der Waals surface area contributed by atoms with Crippen LogP contribution in [0.4, 0.5) is 0 Å². The second-order valence-electron chi connectivity index (χ2n) is 3.78. The van der Waals surface area contributed by atoms with Crippen LogP contribution in [-0.4, -0.2) is 18.9 Å². The smallest absolute Gasteiger partial charge is 0.293 e. The molecule has 2 aromatic rings. The average Bonchev–Trinajstić information content (AvgIpc) is 2.54. The van der Waals surface area contributed by atoms with Crippen molar-refractivity contribution in [3.8, 4) is 0 Å².